The minimum atomic E-state index is -4.66. The largest absolute Gasteiger partial charge is 0.416 e. The third-order valence-electron chi connectivity index (χ3n) is 12.3. The summed E-state index contributed by atoms with van der Waals surface area (Å²) in [5.74, 6) is -0.778. The molecule has 0 spiro atoms. The SMILES string of the molecule is N#Cc1ccc([C@H]2NC(=O)N(c3cccc(C(F)(F)F)c3)C3=C2C(=O)N(CCCOCCCCOCCCN2CC4=C(C2=O)[C@@H](c2ccc(C#N)cc2)NC(=O)N4c2cccc(C(F)(F)F)c2)C3)cc1. The maximum Gasteiger partial charge on any atom is 0.416 e. The van der Waals surface area contributed by atoms with Crippen LogP contribution in [0.4, 0.5) is 47.3 Å². The van der Waals surface area contributed by atoms with Crippen molar-refractivity contribution >= 4 is 35.3 Å². The van der Waals surface area contributed by atoms with Crippen LogP contribution in [0.15, 0.2) is 120 Å². The number of unbranched alkanes of at least 4 members (excludes halogenated alkanes) is 1. The summed E-state index contributed by atoms with van der Waals surface area (Å²) in [5, 5.41) is 24.1. The van der Waals surface area contributed by atoms with Crippen molar-refractivity contribution in [3.8, 4) is 12.1 Å². The Balaban J connectivity index is 0.797. The van der Waals surface area contributed by atoms with Gasteiger partial charge in [0.25, 0.3) is 11.8 Å². The average molecular weight is 967 g/mol. The lowest BCUT2D eigenvalue weighted by Gasteiger charge is -2.34. The molecule has 70 heavy (non-hydrogen) atoms. The molecule has 0 radical (unpaired) electrons. The molecule has 2 N–H and O–H groups in total. The van der Waals surface area contributed by atoms with Crippen molar-refractivity contribution in [1.29, 1.82) is 10.5 Å². The summed E-state index contributed by atoms with van der Waals surface area (Å²) >= 11 is 0. The summed E-state index contributed by atoms with van der Waals surface area (Å²) < 4.78 is 93.7. The highest BCUT2D eigenvalue weighted by Gasteiger charge is 2.47. The number of nitrogens with zero attached hydrogens (tertiary/aromatic N) is 6. The van der Waals surface area contributed by atoms with Crippen molar-refractivity contribution in [3.05, 3.63) is 153 Å². The number of rotatable bonds is 17. The topological polar surface area (TPSA) is 171 Å². The molecule has 4 aliphatic heterocycles. The quantitative estimate of drug-likeness (QED) is 0.0784. The van der Waals surface area contributed by atoms with Gasteiger partial charge in [0, 0.05) is 39.5 Å². The van der Waals surface area contributed by atoms with Crippen molar-refractivity contribution in [3.63, 3.8) is 0 Å². The van der Waals surface area contributed by atoms with E-state index < -0.39 is 47.6 Å². The van der Waals surface area contributed by atoms with E-state index in [4.69, 9.17) is 9.47 Å². The molecule has 0 aliphatic carbocycles. The fourth-order valence-electron chi connectivity index (χ4n) is 8.87. The number of carbonyl (C=O) groups is 4. The lowest BCUT2D eigenvalue weighted by Crippen LogP contribution is -2.47. The Morgan fingerprint density at radius 1 is 0.543 bits per heavy atom. The maximum absolute atomic E-state index is 13.9. The molecule has 8 rings (SSSR count). The predicted molar refractivity (Wildman–Crippen MR) is 240 cm³/mol. The smallest absolute Gasteiger partial charge is 0.381 e. The Kier molecular flexibility index (Phi) is 14.3. The maximum atomic E-state index is 13.9. The van der Waals surface area contributed by atoms with E-state index in [0.717, 1.165) is 34.1 Å². The number of hydrogen-bond donors (Lipinski definition) is 2. The highest BCUT2D eigenvalue weighted by atomic mass is 19.4. The van der Waals surface area contributed by atoms with Gasteiger partial charge in [-0.25, -0.2) is 9.59 Å². The van der Waals surface area contributed by atoms with Gasteiger partial charge in [-0.05, 0) is 97.5 Å². The van der Waals surface area contributed by atoms with E-state index in [9.17, 15) is 56.0 Å². The molecule has 0 bridgehead atoms. The van der Waals surface area contributed by atoms with Gasteiger partial charge in [-0.15, -0.1) is 0 Å². The molecule has 4 heterocycles. The Labute approximate surface area is 397 Å². The number of nitriles is 2. The zero-order valence-corrected chi connectivity index (χ0v) is 37.3. The first-order chi connectivity index (χ1) is 33.6. The van der Waals surface area contributed by atoms with Gasteiger partial charge in [0.2, 0.25) is 0 Å². The molecule has 0 saturated heterocycles. The van der Waals surface area contributed by atoms with Crippen molar-refractivity contribution in [1.82, 2.24) is 20.4 Å². The zero-order valence-electron chi connectivity index (χ0n) is 37.3. The van der Waals surface area contributed by atoms with Crippen LogP contribution in [-0.4, -0.2) is 86.3 Å². The molecule has 14 nitrogen and oxygen atoms in total. The number of benzene rings is 4. The second-order valence-corrected chi connectivity index (χ2v) is 16.8. The Morgan fingerprint density at radius 2 is 0.914 bits per heavy atom. The highest BCUT2D eigenvalue weighted by Crippen LogP contribution is 2.42. The van der Waals surface area contributed by atoms with Gasteiger partial charge in [0.1, 0.15) is 0 Å². The first-order valence-electron chi connectivity index (χ1n) is 22.3. The van der Waals surface area contributed by atoms with Crippen molar-refractivity contribution in [2.45, 2.75) is 50.1 Å². The van der Waals surface area contributed by atoms with E-state index in [-0.39, 0.29) is 71.9 Å². The van der Waals surface area contributed by atoms with E-state index in [1.54, 1.807) is 48.5 Å². The van der Waals surface area contributed by atoms with Crippen molar-refractivity contribution in [2.75, 3.05) is 62.4 Å². The van der Waals surface area contributed by atoms with Crippen LogP contribution in [0.5, 0.6) is 0 Å². The Hall–Kier alpha value is -7.68. The minimum Gasteiger partial charge on any atom is -0.381 e. The molecule has 0 fully saturated rings. The van der Waals surface area contributed by atoms with Gasteiger partial charge in [-0.1, -0.05) is 36.4 Å². The van der Waals surface area contributed by atoms with Gasteiger partial charge in [-0.2, -0.15) is 36.9 Å². The number of carbonyl (C=O) groups excluding carboxylic acids is 4. The number of halogens is 6. The van der Waals surface area contributed by atoms with Gasteiger partial charge in [0.05, 0.1) is 93.5 Å². The molecular formula is C50H44F6N8O6. The Morgan fingerprint density at radius 3 is 1.27 bits per heavy atom. The summed E-state index contributed by atoms with van der Waals surface area (Å²) in [6.45, 7) is 1.80. The summed E-state index contributed by atoms with van der Waals surface area (Å²) in [4.78, 5) is 60.3. The normalized spacial score (nSPS) is 18.2. The van der Waals surface area contributed by atoms with Gasteiger partial charge >= 0.3 is 24.4 Å². The number of urea groups is 2. The lowest BCUT2D eigenvalue weighted by atomic mass is 9.94. The van der Waals surface area contributed by atoms with Crippen LogP contribution in [-0.2, 0) is 31.4 Å². The van der Waals surface area contributed by atoms with Crippen LogP contribution in [0.25, 0.3) is 0 Å². The number of hydrogen-bond acceptors (Lipinski definition) is 8. The lowest BCUT2D eigenvalue weighted by molar-refractivity contribution is -0.138. The second-order valence-electron chi connectivity index (χ2n) is 16.8. The summed E-state index contributed by atoms with van der Waals surface area (Å²) in [5.41, 5.74) is 0.759. The van der Waals surface area contributed by atoms with Crippen molar-refractivity contribution in [2.24, 2.45) is 0 Å². The molecule has 6 amide bonds. The van der Waals surface area contributed by atoms with E-state index in [0.29, 0.717) is 74.4 Å². The molecule has 2 atom stereocenters. The second kappa shape index (κ2) is 20.5. The van der Waals surface area contributed by atoms with Crippen LogP contribution in [0.2, 0.25) is 0 Å². The number of amides is 6. The third-order valence-corrected chi connectivity index (χ3v) is 12.3. The molecule has 0 unspecified atom stereocenters. The number of alkyl halides is 6. The monoisotopic (exact) mass is 966 g/mol. The highest BCUT2D eigenvalue weighted by molar-refractivity contribution is 6.08. The molecule has 4 aliphatic rings. The number of anilines is 2. The van der Waals surface area contributed by atoms with E-state index in [1.165, 1.54) is 34.1 Å². The molecule has 0 saturated carbocycles. The molecule has 4 aromatic carbocycles. The average Bonchev–Trinajstić information content (AvgIpc) is 3.85. The summed E-state index contributed by atoms with van der Waals surface area (Å²) in [6, 6.07) is 22.2. The molecule has 20 heteroatoms. The predicted octanol–water partition coefficient (Wildman–Crippen LogP) is 8.50. The van der Waals surface area contributed by atoms with Gasteiger partial charge in [-0.3, -0.25) is 19.4 Å². The van der Waals surface area contributed by atoms with Crippen LogP contribution in [0.3, 0.4) is 0 Å². The zero-order chi connectivity index (χ0) is 49.7. The standard InChI is InChI=1S/C50H44F6N8O6/c51-49(52,53)35-7-3-9-37(25-35)63-39-29-61(45(65)41(39)43(59-47(63)67)33-15-11-31(27-57)12-16-33)19-5-23-69-21-1-2-22-70-24-6-20-62-30-40-42(46(62)66)44(34-17-13-32(28-58)14-18-34)60-48(68)64(40)38-10-4-8-36(26-38)50(54,55)56/h3-4,7-18,25-26,43-44H,1-2,5-6,19-24,29-30H2,(H,59,67)(H,60,68)/t43-,44-/m1/s1. The molecule has 362 valence electrons. The summed E-state index contributed by atoms with van der Waals surface area (Å²) in [7, 11) is 0. The van der Waals surface area contributed by atoms with Gasteiger partial charge in [0.15, 0.2) is 0 Å². The minimum absolute atomic E-state index is 0.0268. The molecule has 4 aromatic rings. The van der Waals surface area contributed by atoms with Crippen LogP contribution >= 0.6 is 0 Å². The Bertz CT molecular complexity index is 2630. The van der Waals surface area contributed by atoms with Crippen LogP contribution in [0, 0.1) is 22.7 Å². The van der Waals surface area contributed by atoms with Crippen LogP contribution in [0.1, 0.15) is 71.1 Å². The first kappa shape index (κ1) is 48.8. The van der Waals surface area contributed by atoms with E-state index >= 15 is 0 Å². The van der Waals surface area contributed by atoms with Crippen LogP contribution < -0.4 is 20.4 Å². The van der Waals surface area contributed by atoms with E-state index in [1.807, 2.05) is 12.1 Å². The number of ether oxygens (including phenoxy) is 2. The van der Waals surface area contributed by atoms with Gasteiger partial charge < -0.3 is 29.9 Å². The summed E-state index contributed by atoms with van der Waals surface area (Å²) in [6.07, 6.45) is -7.17. The fraction of sp³-hybridized carbons (Fsp3) is 0.320. The number of nitrogens with one attached hydrogen (secondary N) is 2. The van der Waals surface area contributed by atoms with E-state index in [2.05, 4.69) is 10.6 Å². The van der Waals surface area contributed by atoms with Crippen molar-refractivity contribution < 1.29 is 55.0 Å². The fourth-order valence-corrected chi connectivity index (χ4v) is 8.87. The third kappa shape index (κ3) is 10.3. The molecule has 0 aromatic heterocycles. The first-order valence-corrected chi connectivity index (χ1v) is 22.3. The molecular weight excluding hydrogens is 923 g/mol.